The van der Waals surface area contributed by atoms with Crippen molar-refractivity contribution in [3.63, 3.8) is 0 Å². The molecule has 0 radical (unpaired) electrons. The molecule has 1 heterocycles. The molecule has 0 aliphatic carbocycles. The van der Waals surface area contributed by atoms with Gasteiger partial charge in [0.25, 0.3) is 5.91 Å². The number of halogens is 1. The Morgan fingerprint density at radius 3 is 2.61 bits per heavy atom. The van der Waals surface area contributed by atoms with Crippen molar-refractivity contribution in [1.29, 1.82) is 5.26 Å². The molecule has 0 unspecified atom stereocenters. The number of carbonyl (C=O) groups excluding carboxylic acids is 1. The van der Waals surface area contributed by atoms with Crippen LogP contribution in [0.25, 0.3) is 6.08 Å². The number of hydrogen-bond donors (Lipinski definition) is 1. The van der Waals surface area contributed by atoms with E-state index in [-0.39, 0.29) is 12.1 Å². The molecule has 1 N–H and O–H groups in total. The fourth-order valence-electron chi connectivity index (χ4n) is 2.66. The van der Waals surface area contributed by atoms with Crippen molar-refractivity contribution in [1.82, 2.24) is 5.32 Å². The van der Waals surface area contributed by atoms with Gasteiger partial charge >= 0.3 is 0 Å². The lowest BCUT2D eigenvalue weighted by atomic mass is 10.1. The molecule has 7 heteroatoms. The summed E-state index contributed by atoms with van der Waals surface area (Å²) in [7, 11) is 0. The normalized spacial score (nSPS) is 10.9. The van der Waals surface area contributed by atoms with Gasteiger partial charge < -0.3 is 19.2 Å². The Hall–Kier alpha value is -3.50. The number of nitriles is 1. The Balaban J connectivity index is 1.53. The molecule has 0 aliphatic heterocycles. The molecule has 0 saturated carbocycles. The highest BCUT2D eigenvalue weighted by molar-refractivity contribution is 9.10. The highest BCUT2D eigenvalue weighted by Crippen LogP contribution is 2.27. The van der Waals surface area contributed by atoms with Crippen LogP contribution in [0.2, 0.25) is 0 Å². The lowest BCUT2D eigenvalue weighted by molar-refractivity contribution is -0.117. The molecular formula is C24H21BrN2O4. The maximum Gasteiger partial charge on any atom is 0.262 e. The Morgan fingerprint density at radius 2 is 1.94 bits per heavy atom. The molecule has 1 amide bonds. The van der Waals surface area contributed by atoms with Gasteiger partial charge in [-0.25, -0.2) is 0 Å². The van der Waals surface area contributed by atoms with Crippen LogP contribution in [0.1, 0.15) is 16.9 Å². The maximum atomic E-state index is 12.2. The Kier molecular flexibility index (Phi) is 7.91. The molecule has 3 rings (SSSR count). The fraction of sp³-hybridized carbons (Fsp3) is 0.167. The molecule has 6 nitrogen and oxygen atoms in total. The van der Waals surface area contributed by atoms with Crippen LogP contribution in [-0.2, 0) is 11.3 Å². The van der Waals surface area contributed by atoms with Crippen molar-refractivity contribution < 1.29 is 18.7 Å². The number of hydrogen-bond acceptors (Lipinski definition) is 5. The topological polar surface area (TPSA) is 84.5 Å². The highest BCUT2D eigenvalue weighted by Gasteiger charge is 2.10. The Morgan fingerprint density at radius 1 is 1.16 bits per heavy atom. The number of ether oxygens (including phenoxy) is 2. The SMILES string of the molecule is Cc1ccc(OCCOc2ccc(/C=C(\C#N)C(=O)NCc3ccco3)cc2Br)cc1. The minimum atomic E-state index is -0.469. The monoisotopic (exact) mass is 480 g/mol. The molecule has 3 aromatic rings. The molecule has 158 valence electrons. The summed E-state index contributed by atoms with van der Waals surface area (Å²) in [6.45, 7) is 3.02. The molecule has 1 aromatic heterocycles. The van der Waals surface area contributed by atoms with E-state index >= 15 is 0 Å². The average Bonchev–Trinajstić information content (AvgIpc) is 3.29. The lowest BCUT2D eigenvalue weighted by Gasteiger charge is -2.10. The van der Waals surface area contributed by atoms with Gasteiger partial charge in [-0.1, -0.05) is 23.8 Å². The second-order valence-corrected chi connectivity index (χ2v) is 7.49. The fourth-order valence-corrected chi connectivity index (χ4v) is 3.17. The Labute approximate surface area is 189 Å². The zero-order valence-electron chi connectivity index (χ0n) is 16.9. The summed E-state index contributed by atoms with van der Waals surface area (Å²) in [6, 6.07) is 18.6. The zero-order valence-corrected chi connectivity index (χ0v) is 18.5. The minimum Gasteiger partial charge on any atom is -0.490 e. The van der Waals surface area contributed by atoms with Crippen LogP contribution in [0.4, 0.5) is 0 Å². The number of amides is 1. The number of nitrogens with one attached hydrogen (secondary N) is 1. The van der Waals surface area contributed by atoms with E-state index < -0.39 is 5.91 Å². The van der Waals surface area contributed by atoms with Crippen molar-refractivity contribution in [3.8, 4) is 17.6 Å². The molecule has 0 fully saturated rings. The standard InChI is InChI=1S/C24H21BrN2O4/c1-17-4-7-20(8-5-17)30-11-12-31-23-9-6-18(14-22(23)25)13-19(15-26)24(28)27-16-21-3-2-10-29-21/h2-10,13-14H,11-12,16H2,1H3,(H,27,28)/b19-13+. The second-order valence-electron chi connectivity index (χ2n) is 6.63. The van der Waals surface area contributed by atoms with Crippen LogP contribution >= 0.6 is 15.9 Å². The lowest BCUT2D eigenvalue weighted by Crippen LogP contribution is -2.23. The Bertz CT molecular complexity index is 1080. The molecule has 0 atom stereocenters. The van der Waals surface area contributed by atoms with Gasteiger partial charge in [0.2, 0.25) is 0 Å². The van der Waals surface area contributed by atoms with E-state index in [1.165, 1.54) is 17.9 Å². The number of nitrogens with zero attached hydrogens (tertiary/aromatic N) is 1. The summed E-state index contributed by atoms with van der Waals surface area (Å²) < 4.78 is 17.3. The summed E-state index contributed by atoms with van der Waals surface area (Å²) in [5, 5.41) is 12.0. The van der Waals surface area contributed by atoms with E-state index in [0.29, 0.717) is 34.8 Å². The molecule has 31 heavy (non-hydrogen) atoms. The number of carbonyl (C=O) groups is 1. The van der Waals surface area contributed by atoms with Crippen molar-refractivity contribution in [2.24, 2.45) is 0 Å². The summed E-state index contributed by atoms with van der Waals surface area (Å²) in [5.74, 6) is 1.58. The van der Waals surface area contributed by atoms with Gasteiger partial charge in [0, 0.05) is 0 Å². The van der Waals surface area contributed by atoms with Gasteiger partial charge in [-0.2, -0.15) is 5.26 Å². The number of aryl methyl sites for hydroxylation is 1. The quantitative estimate of drug-likeness (QED) is 0.263. The van der Waals surface area contributed by atoms with E-state index in [1.54, 1.807) is 30.3 Å². The smallest absolute Gasteiger partial charge is 0.262 e. The van der Waals surface area contributed by atoms with Gasteiger partial charge in [0.15, 0.2) is 0 Å². The first-order chi connectivity index (χ1) is 15.0. The van der Waals surface area contributed by atoms with Gasteiger partial charge in [0.1, 0.15) is 42.1 Å². The predicted molar refractivity (Wildman–Crippen MR) is 120 cm³/mol. The summed E-state index contributed by atoms with van der Waals surface area (Å²) in [5.41, 5.74) is 1.87. The van der Waals surface area contributed by atoms with Crippen LogP contribution in [-0.4, -0.2) is 19.1 Å². The summed E-state index contributed by atoms with van der Waals surface area (Å²) in [6.07, 6.45) is 3.05. The molecular weight excluding hydrogens is 460 g/mol. The van der Waals surface area contributed by atoms with Crippen molar-refractivity contribution >= 4 is 27.9 Å². The number of furan rings is 1. The second kappa shape index (κ2) is 11.0. The maximum absolute atomic E-state index is 12.2. The third-order valence-corrected chi connectivity index (χ3v) is 4.89. The first-order valence-electron chi connectivity index (χ1n) is 9.59. The van der Waals surface area contributed by atoms with Gasteiger partial charge in [0.05, 0.1) is 17.3 Å². The van der Waals surface area contributed by atoms with E-state index in [4.69, 9.17) is 13.9 Å². The van der Waals surface area contributed by atoms with E-state index in [2.05, 4.69) is 21.2 Å². The molecule has 2 aromatic carbocycles. The van der Waals surface area contributed by atoms with Crippen molar-refractivity contribution in [2.45, 2.75) is 13.5 Å². The van der Waals surface area contributed by atoms with Crippen LogP contribution in [0, 0.1) is 18.3 Å². The van der Waals surface area contributed by atoms with Crippen LogP contribution in [0.5, 0.6) is 11.5 Å². The summed E-state index contributed by atoms with van der Waals surface area (Å²) >= 11 is 3.47. The van der Waals surface area contributed by atoms with Crippen LogP contribution in [0.15, 0.2) is 75.3 Å². The van der Waals surface area contributed by atoms with Gasteiger partial charge in [-0.05, 0) is 70.9 Å². The van der Waals surface area contributed by atoms with Crippen molar-refractivity contribution in [2.75, 3.05) is 13.2 Å². The van der Waals surface area contributed by atoms with Crippen molar-refractivity contribution in [3.05, 3.63) is 87.8 Å². The third kappa shape index (κ3) is 6.76. The largest absolute Gasteiger partial charge is 0.490 e. The average molecular weight is 481 g/mol. The van der Waals surface area contributed by atoms with Gasteiger partial charge in [-0.15, -0.1) is 0 Å². The summed E-state index contributed by atoms with van der Waals surface area (Å²) in [4.78, 5) is 12.2. The minimum absolute atomic E-state index is 0.00128. The van der Waals surface area contributed by atoms with Crippen LogP contribution < -0.4 is 14.8 Å². The highest BCUT2D eigenvalue weighted by atomic mass is 79.9. The molecule has 0 spiro atoms. The first kappa shape index (κ1) is 22.2. The molecule has 0 bridgehead atoms. The number of benzene rings is 2. The van der Waals surface area contributed by atoms with E-state index in [0.717, 1.165) is 5.75 Å². The van der Waals surface area contributed by atoms with Crippen LogP contribution in [0.3, 0.4) is 0 Å². The molecule has 0 saturated heterocycles. The van der Waals surface area contributed by atoms with E-state index in [1.807, 2.05) is 37.3 Å². The van der Waals surface area contributed by atoms with Gasteiger partial charge in [-0.3, -0.25) is 4.79 Å². The van der Waals surface area contributed by atoms with E-state index in [9.17, 15) is 10.1 Å². The third-order valence-electron chi connectivity index (χ3n) is 4.27. The number of rotatable bonds is 9. The zero-order chi connectivity index (χ0) is 22.1. The predicted octanol–water partition coefficient (Wildman–Crippen LogP) is 5.03. The molecule has 0 aliphatic rings. The first-order valence-corrected chi connectivity index (χ1v) is 10.4.